The minimum Gasteiger partial charge on any atom is -0.380 e. The Labute approximate surface area is 239 Å². The Morgan fingerprint density at radius 1 is 1.15 bits per heavy atom. The Balaban J connectivity index is 1.75. The number of anilines is 2. The summed E-state index contributed by atoms with van der Waals surface area (Å²) in [6, 6.07) is 5.98. The van der Waals surface area contributed by atoms with Gasteiger partial charge in [0.1, 0.15) is 23.4 Å². The van der Waals surface area contributed by atoms with Crippen molar-refractivity contribution >= 4 is 21.4 Å². The zero-order valence-electron chi connectivity index (χ0n) is 23.8. The average Bonchev–Trinajstić information content (AvgIpc) is 2.85. The molecule has 2 aromatic carbocycles. The Morgan fingerprint density at radius 3 is 2.37 bits per heavy atom. The molecule has 1 saturated heterocycles. The number of likely N-dealkylation sites (tertiary alicyclic amines) is 1. The van der Waals surface area contributed by atoms with Gasteiger partial charge in [-0.25, -0.2) is 21.6 Å². The van der Waals surface area contributed by atoms with Crippen LogP contribution in [-0.2, 0) is 16.4 Å². The van der Waals surface area contributed by atoms with Crippen LogP contribution in [0.25, 0.3) is 0 Å². The highest BCUT2D eigenvalue weighted by Gasteiger charge is 2.40. The predicted molar refractivity (Wildman–Crippen MR) is 152 cm³/mol. The van der Waals surface area contributed by atoms with E-state index < -0.39 is 40.0 Å². The van der Waals surface area contributed by atoms with E-state index >= 15 is 13.2 Å². The van der Waals surface area contributed by atoms with Crippen LogP contribution >= 0.6 is 0 Å². The van der Waals surface area contributed by atoms with E-state index in [9.17, 15) is 18.1 Å². The number of hydrogen-bond acceptors (Lipinski definition) is 6. The van der Waals surface area contributed by atoms with E-state index in [0.717, 1.165) is 0 Å². The molecule has 224 valence electrons. The van der Waals surface area contributed by atoms with Gasteiger partial charge >= 0.3 is 0 Å². The van der Waals surface area contributed by atoms with Crippen molar-refractivity contribution in [1.29, 1.82) is 5.26 Å². The third-order valence-corrected chi connectivity index (χ3v) is 8.89. The zero-order valence-corrected chi connectivity index (χ0v) is 24.6. The summed E-state index contributed by atoms with van der Waals surface area (Å²) >= 11 is 0. The van der Waals surface area contributed by atoms with Crippen molar-refractivity contribution in [3.63, 3.8) is 0 Å². The normalized spacial score (nSPS) is 20.3. The van der Waals surface area contributed by atoms with Crippen molar-refractivity contribution in [3.05, 3.63) is 58.2 Å². The van der Waals surface area contributed by atoms with Crippen molar-refractivity contribution in [2.45, 2.75) is 64.3 Å². The fraction of sp³-hybridized carbons (Fsp3) is 0.552. The number of nitrogens with one attached hydrogen (secondary N) is 2. The molecular weight excluding hydrogens is 558 g/mol. The second kappa shape index (κ2) is 12.2. The summed E-state index contributed by atoms with van der Waals surface area (Å²) in [5, 5.41) is 13.0. The van der Waals surface area contributed by atoms with Crippen molar-refractivity contribution in [2.75, 3.05) is 48.6 Å². The molecule has 7 nitrogen and oxygen atoms in total. The van der Waals surface area contributed by atoms with Gasteiger partial charge < -0.3 is 5.32 Å². The van der Waals surface area contributed by atoms with Gasteiger partial charge in [0, 0.05) is 43.5 Å². The second-order valence-corrected chi connectivity index (χ2v) is 13.6. The lowest BCUT2D eigenvalue weighted by molar-refractivity contribution is 0.0653. The van der Waals surface area contributed by atoms with Crippen LogP contribution in [0.5, 0.6) is 0 Å². The van der Waals surface area contributed by atoms with Crippen LogP contribution in [0, 0.1) is 23.0 Å². The second-order valence-electron chi connectivity index (χ2n) is 11.6. The first-order valence-corrected chi connectivity index (χ1v) is 15.5. The molecule has 0 aliphatic carbocycles. The molecule has 4 rings (SSSR count). The minimum absolute atomic E-state index is 0.00110. The summed E-state index contributed by atoms with van der Waals surface area (Å²) in [7, 11) is -3.69. The number of benzene rings is 2. The molecule has 0 amide bonds. The van der Waals surface area contributed by atoms with Gasteiger partial charge in [0.2, 0.25) is 10.0 Å². The van der Waals surface area contributed by atoms with Gasteiger partial charge in [0.15, 0.2) is 0 Å². The smallest absolute Gasteiger partial charge is 0.232 e. The van der Waals surface area contributed by atoms with E-state index in [-0.39, 0.29) is 46.9 Å². The van der Waals surface area contributed by atoms with Gasteiger partial charge in [0.25, 0.3) is 0 Å². The zero-order chi connectivity index (χ0) is 30.1. The van der Waals surface area contributed by atoms with Gasteiger partial charge in [-0.1, -0.05) is 0 Å². The molecule has 2 N–H and O–H groups in total. The number of nitrogens with zero attached hydrogens (tertiary/aromatic N) is 3. The number of halogens is 4. The van der Waals surface area contributed by atoms with Gasteiger partial charge in [-0.05, 0) is 75.9 Å². The lowest BCUT2D eigenvalue weighted by Crippen LogP contribution is -2.54. The van der Waals surface area contributed by atoms with E-state index in [4.69, 9.17) is 0 Å². The van der Waals surface area contributed by atoms with Crippen LogP contribution in [-0.4, -0.2) is 74.6 Å². The van der Waals surface area contributed by atoms with Crippen LogP contribution in [0.3, 0.4) is 0 Å². The molecular formula is C29H37F4N5O2S. The van der Waals surface area contributed by atoms with Crippen LogP contribution < -0.4 is 10.0 Å². The first kappa shape index (κ1) is 31.1. The predicted octanol–water partition coefficient (Wildman–Crippen LogP) is 5.14. The third kappa shape index (κ3) is 7.13. The molecule has 12 heteroatoms. The molecule has 2 aromatic rings. The largest absolute Gasteiger partial charge is 0.380 e. The van der Waals surface area contributed by atoms with Gasteiger partial charge in [-0.15, -0.1) is 0 Å². The number of nitriles is 1. The molecule has 2 unspecified atom stereocenters. The number of rotatable bonds is 11. The lowest BCUT2D eigenvalue weighted by Gasteiger charge is -2.44. The summed E-state index contributed by atoms with van der Waals surface area (Å²) in [6.45, 7) is 7.47. The molecule has 0 aromatic heterocycles. The maximum atomic E-state index is 15.9. The number of hydrogen-bond donors (Lipinski definition) is 2. The summed E-state index contributed by atoms with van der Waals surface area (Å²) in [6.07, 6.45) is 0.801. The Kier molecular flexibility index (Phi) is 9.21. The summed E-state index contributed by atoms with van der Waals surface area (Å²) in [5.41, 5.74) is -0.553. The maximum Gasteiger partial charge on any atom is 0.232 e. The molecule has 0 bridgehead atoms. The molecule has 41 heavy (non-hydrogen) atoms. The van der Waals surface area contributed by atoms with Gasteiger partial charge in [-0.2, -0.15) is 5.26 Å². The van der Waals surface area contributed by atoms with Crippen LogP contribution in [0.1, 0.15) is 62.4 Å². The van der Waals surface area contributed by atoms with E-state index in [0.29, 0.717) is 43.6 Å². The maximum absolute atomic E-state index is 15.9. The lowest BCUT2D eigenvalue weighted by atomic mass is 9.82. The monoisotopic (exact) mass is 595 g/mol. The Bertz CT molecular complexity index is 1390. The quantitative estimate of drug-likeness (QED) is 0.350. The molecule has 2 aliphatic heterocycles. The highest BCUT2D eigenvalue weighted by atomic mass is 32.2. The minimum atomic E-state index is -3.69. The summed E-state index contributed by atoms with van der Waals surface area (Å²) < 4.78 is 86.1. The molecule has 2 heterocycles. The first-order valence-electron chi connectivity index (χ1n) is 13.8. The number of alkyl halides is 2. The van der Waals surface area contributed by atoms with Crippen molar-refractivity contribution in [2.24, 2.45) is 0 Å². The highest BCUT2D eigenvalue weighted by Crippen LogP contribution is 2.43. The van der Waals surface area contributed by atoms with Gasteiger partial charge in [-0.3, -0.25) is 18.9 Å². The van der Waals surface area contributed by atoms with Crippen molar-refractivity contribution < 1.29 is 26.0 Å². The fourth-order valence-electron chi connectivity index (χ4n) is 5.67. The topological polar surface area (TPSA) is 88.5 Å². The Hall–Kier alpha value is -2.88. The van der Waals surface area contributed by atoms with Crippen LogP contribution in [0.4, 0.5) is 28.9 Å². The first-order chi connectivity index (χ1) is 19.2. The highest BCUT2D eigenvalue weighted by molar-refractivity contribution is 7.92. The molecule has 0 saturated carbocycles. The molecule has 2 atom stereocenters. The SMILES string of the molecule is CCS(=O)(=O)Nc1cc2c(cc1C#N)C(c1c(F)cc(NC3CN(CCCF)C3)cc1F)N(CC(C)(C)F)C(C)C2. The van der Waals surface area contributed by atoms with Gasteiger partial charge in [0.05, 0.1) is 35.8 Å². The van der Waals surface area contributed by atoms with Crippen molar-refractivity contribution in [1.82, 2.24) is 9.80 Å². The molecule has 2 aliphatic rings. The van der Waals surface area contributed by atoms with Crippen LogP contribution in [0.2, 0.25) is 0 Å². The van der Waals surface area contributed by atoms with E-state index in [1.54, 1.807) is 11.0 Å². The number of sulfonamides is 1. The fourth-order valence-corrected chi connectivity index (χ4v) is 6.32. The van der Waals surface area contributed by atoms with E-state index in [1.807, 2.05) is 13.0 Å². The standard InChI is InChI=1S/C29H37F4N5O2S/c1-5-41(39,40)36-26-11-19-9-18(2)38(17-29(3,4)33)28(23(19)10-20(26)14-34)27-24(31)12-21(13-25(27)32)35-22-15-37(16-22)8-6-7-30/h10-13,18,22,28,35-36H,5-9,15-17H2,1-4H3. The van der Waals surface area contributed by atoms with Crippen LogP contribution in [0.15, 0.2) is 24.3 Å². The summed E-state index contributed by atoms with van der Waals surface area (Å²) in [5.74, 6) is -1.83. The molecule has 1 fully saturated rings. The summed E-state index contributed by atoms with van der Waals surface area (Å²) in [4.78, 5) is 3.75. The molecule has 0 spiro atoms. The molecule has 0 radical (unpaired) electrons. The third-order valence-electron chi connectivity index (χ3n) is 7.60. The van der Waals surface area contributed by atoms with E-state index in [2.05, 4.69) is 14.9 Å². The number of fused-ring (bicyclic) bond motifs is 1. The van der Waals surface area contributed by atoms with E-state index in [1.165, 1.54) is 39.0 Å². The van der Waals surface area contributed by atoms with Crippen molar-refractivity contribution in [3.8, 4) is 6.07 Å². The average molecular weight is 596 g/mol. The Morgan fingerprint density at radius 2 is 1.80 bits per heavy atom.